The molecule has 1 aromatic carbocycles. The molecule has 3 aromatic heterocycles. The first-order valence-corrected chi connectivity index (χ1v) is 8.41. The van der Waals surface area contributed by atoms with Gasteiger partial charge < -0.3 is 4.42 Å². The lowest BCUT2D eigenvalue weighted by atomic mass is 10.2. The number of fused-ring (bicyclic) bond motifs is 1. The molecule has 4 rings (SSSR count). The van der Waals surface area contributed by atoms with Gasteiger partial charge in [0.05, 0.1) is 0 Å². The molecule has 4 aromatic rings. The highest BCUT2D eigenvalue weighted by Crippen LogP contribution is 2.36. The summed E-state index contributed by atoms with van der Waals surface area (Å²) in [4.78, 5) is 17.0. The third-order valence-corrected chi connectivity index (χ3v) is 4.70. The lowest BCUT2D eigenvalue weighted by Gasteiger charge is -2.05. The fourth-order valence-corrected chi connectivity index (χ4v) is 3.77. The van der Waals surface area contributed by atoms with Crippen molar-refractivity contribution in [1.82, 2.24) is 9.38 Å². The van der Waals surface area contributed by atoms with Gasteiger partial charge in [0.1, 0.15) is 16.4 Å². The maximum Gasteiger partial charge on any atom is 0.338 e. The van der Waals surface area contributed by atoms with Crippen LogP contribution in [0.4, 0.5) is 0 Å². The molecule has 118 valence electrons. The van der Waals surface area contributed by atoms with E-state index in [2.05, 4.69) is 0 Å². The fraction of sp³-hybridized carbons (Fsp3) is 0. The maximum atomic E-state index is 11.6. The Morgan fingerprint density at radius 3 is 2.62 bits per heavy atom. The zero-order valence-corrected chi connectivity index (χ0v) is 13.9. The Morgan fingerprint density at radius 2 is 1.83 bits per heavy atom. The number of aromatic nitrogens is 2. The Labute approximate surface area is 146 Å². The second kappa shape index (κ2) is 6.19. The van der Waals surface area contributed by atoms with Crippen LogP contribution in [0.1, 0.15) is 0 Å². The van der Waals surface area contributed by atoms with Crippen LogP contribution in [-0.2, 0) is 0 Å². The Morgan fingerprint density at radius 1 is 1.04 bits per heavy atom. The first kappa shape index (κ1) is 15.1. The predicted octanol–water partition coefficient (Wildman–Crippen LogP) is 4.76. The number of hydrogen-bond donors (Lipinski definition) is 0. The van der Waals surface area contributed by atoms with Gasteiger partial charge in [-0.2, -0.15) is 0 Å². The molecule has 0 aliphatic rings. The average molecular weight is 355 g/mol. The summed E-state index contributed by atoms with van der Waals surface area (Å²) in [6.45, 7) is 0. The Kier molecular flexibility index (Phi) is 3.88. The van der Waals surface area contributed by atoms with E-state index in [1.807, 2.05) is 59.1 Å². The van der Waals surface area contributed by atoms with Crippen LogP contribution < -0.4 is 5.63 Å². The maximum absolute atomic E-state index is 11.6. The smallest absolute Gasteiger partial charge is 0.338 e. The summed E-state index contributed by atoms with van der Waals surface area (Å²) in [7, 11) is 0. The van der Waals surface area contributed by atoms with Crippen LogP contribution in [0.5, 0.6) is 0 Å². The highest BCUT2D eigenvalue weighted by atomic mass is 35.5. The van der Waals surface area contributed by atoms with Crippen molar-refractivity contribution >= 4 is 29.0 Å². The van der Waals surface area contributed by atoms with Gasteiger partial charge in [-0.05, 0) is 23.7 Å². The number of hydrogen-bond acceptors (Lipinski definition) is 4. The zero-order chi connectivity index (χ0) is 16.5. The van der Waals surface area contributed by atoms with Crippen LogP contribution in [0.2, 0.25) is 5.22 Å². The minimum Gasteiger partial charge on any atom is -0.411 e. The lowest BCUT2D eigenvalue weighted by molar-refractivity contribution is 0.508. The highest BCUT2D eigenvalue weighted by Gasteiger charge is 2.15. The van der Waals surface area contributed by atoms with Crippen LogP contribution in [0.25, 0.3) is 16.9 Å². The van der Waals surface area contributed by atoms with Crippen LogP contribution in [0.3, 0.4) is 0 Å². The minimum atomic E-state index is -0.472. The number of benzene rings is 1. The van der Waals surface area contributed by atoms with Gasteiger partial charge >= 0.3 is 5.63 Å². The molecular formula is C18H11ClN2O2S. The van der Waals surface area contributed by atoms with Crippen molar-refractivity contribution in [2.45, 2.75) is 9.92 Å². The van der Waals surface area contributed by atoms with Crippen LogP contribution in [0.15, 0.2) is 86.0 Å². The second-order valence-electron chi connectivity index (χ2n) is 5.08. The molecule has 24 heavy (non-hydrogen) atoms. The van der Waals surface area contributed by atoms with Gasteiger partial charge in [-0.1, -0.05) is 48.2 Å². The quantitative estimate of drug-likeness (QED) is 0.532. The van der Waals surface area contributed by atoms with E-state index >= 15 is 0 Å². The van der Waals surface area contributed by atoms with Gasteiger partial charge in [0.15, 0.2) is 5.22 Å². The van der Waals surface area contributed by atoms with Gasteiger partial charge in [-0.3, -0.25) is 4.40 Å². The molecule has 0 fully saturated rings. The van der Waals surface area contributed by atoms with Crippen molar-refractivity contribution in [3.8, 4) is 11.3 Å². The molecule has 0 saturated carbocycles. The van der Waals surface area contributed by atoms with Crippen molar-refractivity contribution in [2.24, 2.45) is 0 Å². The van der Waals surface area contributed by atoms with Crippen LogP contribution in [-0.4, -0.2) is 9.38 Å². The van der Waals surface area contributed by atoms with Gasteiger partial charge in [-0.25, -0.2) is 9.78 Å². The second-order valence-corrected chi connectivity index (χ2v) is 6.51. The first-order chi connectivity index (χ1) is 11.7. The summed E-state index contributed by atoms with van der Waals surface area (Å²) in [5.41, 5.74) is 2.24. The standard InChI is InChI=1S/C18H11ClN2O2S/c19-14-10-13(11-16(22)23-14)24-18-17(12-6-2-1-3-7-12)20-15-8-4-5-9-21(15)18/h1-11H. The van der Waals surface area contributed by atoms with E-state index in [-0.39, 0.29) is 5.22 Å². The molecule has 0 radical (unpaired) electrons. The largest absolute Gasteiger partial charge is 0.411 e. The fourth-order valence-electron chi connectivity index (χ4n) is 2.45. The average Bonchev–Trinajstić information content (AvgIpc) is 2.94. The molecule has 0 saturated heterocycles. The molecule has 0 atom stereocenters. The van der Waals surface area contributed by atoms with E-state index < -0.39 is 5.63 Å². The topological polar surface area (TPSA) is 47.5 Å². The van der Waals surface area contributed by atoms with Gasteiger partial charge in [0, 0.05) is 28.8 Å². The molecule has 0 aliphatic heterocycles. The third kappa shape index (κ3) is 2.84. The van der Waals surface area contributed by atoms with Crippen molar-refractivity contribution in [2.75, 3.05) is 0 Å². The van der Waals surface area contributed by atoms with E-state index in [4.69, 9.17) is 21.0 Å². The highest BCUT2D eigenvalue weighted by molar-refractivity contribution is 7.99. The van der Waals surface area contributed by atoms with Gasteiger partial charge in [0.25, 0.3) is 0 Å². The summed E-state index contributed by atoms with van der Waals surface area (Å²) in [5.74, 6) is 0. The van der Waals surface area contributed by atoms with Gasteiger partial charge in [0.2, 0.25) is 0 Å². The van der Waals surface area contributed by atoms with E-state index in [1.54, 1.807) is 6.07 Å². The molecule has 3 heterocycles. The third-order valence-electron chi connectivity index (χ3n) is 3.46. The minimum absolute atomic E-state index is 0.0695. The molecule has 0 unspecified atom stereocenters. The number of pyridine rings is 1. The normalized spacial score (nSPS) is 11.0. The van der Waals surface area contributed by atoms with Crippen molar-refractivity contribution < 1.29 is 4.42 Å². The first-order valence-electron chi connectivity index (χ1n) is 7.22. The molecule has 0 bridgehead atoms. The van der Waals surface area contributed by atoms with Crippen molar-refractivity contribution in [3.63, 3.8) is 0 Å². The summed E-state index contributed by atoms with van der Waals surface area (Å²) in [5, 5.41) is 0.985. The number of halogens is 1. The molecule has 6 heteroatoms. The van der Waals surface area contributed by atoms with E-state index in [0.717, 1.165) is 21.9 Å². The summed E-state index contributed by atoms with van der Waals surface area (Å²) in [6.07, 6.45) is 1.95. The molecule has 4 nitrogen and oxygen atoms in total. The Balaban J connectivity index is 1.91. The molecule has 0 spiro atoms. The van der Waals surface area contributed by atoms with Crippen LogP contribution >= 0.6 is 23.4 Å². The number of rotatable bonds is 3. The lowest BCUT2D eigenvalue weighted by Crippen LogP contribution is -1.96. The SMILES string of the molecule is O=c1cc(Sc2c(-c3ccccc3)nc3ccccn23)cc(Cl)o1. The molecular weight excluding hydrogens is 344 g/mol. The predicted molar refractivity (Wildman–Crippen MR) is 94.7 cm³/mol. The van der Waals surface area contributed by atoms with E-state index in [9.17, 15) is 4.79 Å². The monoisotopic (exact) mass is 354 g/mol. The molecule has 0 N–H and O–H groups in total. The van der Waals surface area contributed by atoms with E-state index in [1.165, 1.54) is 17.8 Å². The number of nitrogens with zero attached hydrogens (tertiary/aromatic N) is 2. The van der Waals surface area contributed by atoms with Crippen molar-refractivity contribution in [1.29, 1.82) is 0 Å². The van der Waals surface area contributed by atoms with Gasteiger partial charge in [-0.15, -0.1) is 0 Å². The summed E-state index contributed by atoms with van der Waals surface area (Å²) < 4.78 is 6.81. The Bertz CT molecular complexity index is 1070. The summed E-state index contributed by atoms with van der Waals surface area (Å²) >= 11 is 7.29. The summed E-state index contributed by atoms with van der Waals surface area (Å²) in [6, 6.07) is 18.8. The molecule has 0 aliphatic carbocycles. The zero-order valence-electron chi connectivity index (χ0n) is 12.3. The number of imidazole rings is 1. The van der Waals surface area contributed by atoms with Crippen molar-refractivity contribution in [3.05, 3.63) is 82.5 Å². The van der Waals surface area contributed by atoms with E-state index in [0.29, 0.717) is 4.90 Å². The Hall–Kier alpha value is -2.50. The molecule has 0 amide bonds. The van der Waals surface area contributed by atoms with Crippen LogP contribution in [0, 0.1) is 0 Å².